The SMILES string of the molecule is O=C1OC(=O)c2cc([SiH2]Cl)ccc21. The summed E-state index contributed by atoms with van der Waals surface area (Å²) in [4.78, 5) is 22.1. The molecule has 3 nitrogen and oxygen atoms in total. The van der Waals surface area contributed by atoms with E-state index < -0.39 is 20.8 Å². The van der Waals surface area contributed by atoms with Gasteiger partial charge in [-0.3, -0.25) is 0 Å². The Labute approximate surface area is 81.2 Å². The van der Waals surface area contributed by atoms with Crippen molar-refractivity contribution < 1.29 is 14.3 Å². The number of rotatable bonds is 1. The van der Waals surface area contributed by atoms with Crippen molar-refractivity contribution >= 4 is 37.0 Å². The molecule has 0 fully saturated rings. The van der Waals surface area contributed by atoms with Crippen LogP contribution in [0, 0.1) is 0 Å². The van der Waals surface area contributed by atoms with Crippen LogP contribution in [0.3, 0.4) is 0 Å². The first kappa shape index (κ1) is 8.46. The average molecular weight is 213 g/mol. The topological polar surface area (TPSA) is 43.4 Å². The molecule has 0 amide bonds. The largest absolute Gasteiger partial charge is 0.386 e. The molecule has 1 aliphatic rings. The van der Waals surface area contributed by atoms with Gasteiger partial charge in [0.15, 0.2) is 8.83 Å². The Kier molecular flexibility index (Phi) is 1.94. The van der Waals surface area contributed by atoms with E-state index in [4.69, 9.17) is 11.1 Å². The number of benzene rings is 1. The third kappa shape index (κ3) is 1.28. The fraction of sp³-hybridized carbons (Fsp3) is 0. The molecule has 1 aliphatic heterocycles. The summed E-state index contributed by atoms with van der Waals surface area (Å²) in [6.07, 6.45) is 0. The number of cyclic esters (lactones) is 2. The van der Waals surface area contributed by atoms with Gasteiger partial charge >= 0.3 is 11.9 Å². The summed E-state index contributed by atoms with van der Waals surface area (Å²) >= 11 is 5.71. The maximum atomic E-state index is 11.1. The Morgan fingerprint density at radius 2 is 1.85 bits per heavy atom. The monoisotopic (exact) mass is 212 g/mol. The van der Waals surface area contributed by atoms with Crippen LogP contribution in [0.1, 0.15) is 20.7 Å². The van der Waals surface area contributed by atoms with Crippen molar-refractivity contribution in [1.82, 2.24) is 0 Å². The predicted molar refractivity (Wildman–Crippen MR) is 50.2 cm³/mol. The summed E-state index contributed by atoms with van der Waals surface area (Å²) in [5, 5.41) is 0.937. The van der Waals surface area contributed by atoms with Crippen LogP contribution in [0.2, 0.25) is 0 Å². The van der Waals surface area contributed by atoms with Crippen molar-refractivity contribution in [2.75, 3.05) is 0 Å². The molecule has 1 aromatic rings. The highest BCUT2D eigenvalue weighted by Crippen LogP contribution is 2.17. The summed E-state index contributed by atoms with van der Waals surface area (Å²) in [5.41, 5.74) is 0.684. The molecule has 13 heavy (non-hydrogen) atoms. The zero-order valence-corrected chi connectivity index (χ0v) is 8.71. The minimum Gasteiger partial charge on any atom is -0.386 e. The van der Waals surface area contributed by atoms with Crippen LogP contribution in [-0.2, 0) is 4.74 Å². The summed E-state index contributed by atoms with van der Waals surface area (Å²) in [6.45, 7) is 0. The first-order chi connectivity index (χ1) is 6.22. The molecule has 0 saturated carbocycles. The smallest absolute Gasteiger partial charge is 0.346 e. The number of esters is 2. The van der Waals surface area contributed by atoms with Crippen LogP contribution in [0.5, 0.6) is 0 Å². The van der Waals surface area contributed by atoms with Gasteiger partial charge in [-0.1, -0.05) is 6.07 Å². The molecule has 2 rings (SSSR count). The second kappa shape index (κ2) is 2.97. The van der Waals surface area contributed by atoms with Crippen molar-refractivity contribution in [3.8, 4) is 0 Å². The van der Waals surface area contributed by atoms with E-state index in [0.29, 0.717) is 11.1 Å². The third-order valence-corrected chi connectivity index (χ3v) is 3.54. The van der Waals surface area contributed by atoms with Gasteiger partial charge < -0.3 is 4.74 Å². The Morgan fingerprint density at radius 3 is 2.54 bits per heavy atom. The van der Waals surface area contributed by atoms with Crippen LogP contribution in [0.25, 0.3) is 0 Å². The number of carbonyl (C=O) groups excluding carboxylic acids is 2. The number of ether oxygens (including phenoxy) is 1. The fourth-order valence-electron chi connectivity index (χ4n) is 1.22. The number of carbonyl (C=O) groups is 2. The molecule has 0 atom stereocenters. The van der Waals surface area contributed by atoms with E-state index in [0.717, 1.165) is 5.19 Å². The molecule has 5 heteroatoms. The first-order valence-corrected chi connectivity index (χ1v) is 6.52. The lowest BCUT2D eigenvalue weighted by Gasteiger charge is -1.95. The molecule has 0 bridgehead atoms. The highest BCUT2D eigenvalue weighted by molar-refractivity contribution is 7.01. The molecular weight excluding hydrogens is 208 g/mol. The molecule has 1 heterocycles. The fourth-order valence-corrected chi connectivity index (χ4v) is 2.20. The van der Waals surface area contributed by atoms with Crippen LogP contribution in [0.15, 0.2) is 18.2 Å². The van der Waals surface area contributed by atoms with E-state index in [1.165, 1.54) is 0 Å². The molecule has 0 aromatic heterocycles. The quantitative estimate of drug-likeness (QED) is 0.284. The molecule has 0 unspecified atom stereocenters. The zero-order chi connectivity index (χ0) is 9.42. The molecule has 0 saturated heterocycles. The van der Waals surface area contributed by atoms with Gasteiger partial charge in [-0.15, -0.1) is 0 Å². The summed E-state index contributed by atoms with van der Waals surface area (Å²) in [6, 6.07) is 4.99. The highest BCUT2D eigenvalue weighted by Gasteiger charge is 2.29. The molecule has 0 spiro atoms. The van der Waals surface area contributed by atoms with Crippen LogP contribution < -0.4 is 5.19 Å². The number of halogens is 1. The van der Waals surface area contributed by atoms with E-state index in [2.05, 4.69) is 4.74 Å². The van der Waals surface area contributed by atoms with Crippen molar-refractivity contribution in [3.63, 3.8) is 0 Å². The minimum absolute atomic E-state index is 0.341. The van der Waals surface area contributed by atoms with Gasteiger partial charge in [0.25, 0.3) is 0 Å². The van der Waals surface area contributed by atoms with Gasteiger partial charge in [-0.25, -0.2) is 9.59 Å². The minimum atomic E-state index is -0.814. The molecule has 1 aromatic carbocycles. The number of hydrogen-bond donors (Lipinski definition) is 0. The van der Waals surface area contributed by atoms with Crippen molar-refractivity contribution in [3.05, 3.63) is 29.3 Å². The molecule has 66 valence electrons. The van der Waals surface area contributed by atoms with Gasteiger partial charge in [-0.05, 0) is 17.3 Å². The lowest BCUT2D eigenvalue weighted by Crippen LogP contribution is -2.10. The van der Waals surface area contributed by atoms with Crippen molar-refractivity contribution in [2.45, 2.75) is 0 Å². The van der Waals surface area contributed by atoms with Crippen molar-refractivity contribution in [1.29, 1.82) is 0 Å². The van der Waals surface area contributed by atoms with E-state index >= 15 is 0 Å². The normalized spacial score (nSPS) is 15.2. The van der Waals surface area contributed by atoms with Crippen molar-refractivity contribution in [2.24, 2.45) is 0 Å². The number of fused-ring (bicyclic) bond motifs is 1. The Bertz CT molecular complexity index is 402. The summed E-state index contributed by atoms with van der Waals surface area (Å²) in [5.74, 6) is -1.14. The Balaban J connectivity index is 2.58. The summed E-state index contributed by atoms with van der Waals surface area (Å²) in [7, 11) is -0.814. The lowest BCUT2D eigenvalue weighted by atomic mass is 10.1. The lowest BCUT2D eigenvalue weighted by molar-refractivity contribution is 0.0444. The number of hydrogen-bond acceptors (Lipinski definition) is 3. The zero-order valence-electron chi connectivity index (χ0n) is 6.54. The average Bonchev–Trinajstić information content (AvgIpc) is 2.42. The second-order valence-corrected chi connectivity index (χ2v) is 4.58. The van der Waals surface area contributed by atoms with Crippen LogP contribution in [-0.4, -0.2) is 20.8 Å². The van der Waals surface area contributed by atoms with Gasteiger partial charge in [0.05, 0.1) is 11.1 Å². The Morgan fingerprint density at radius 1 is 1.15 bits per heavy atom. The second-order valence-electron chi connectivity index (χ2n) is 2.69. The highest BCUT2D eigenvalue weighted by atomic mass is 35.6. The maximum absolute atomic E-state index is 11.1. The van der Waals surface area contributed by atoms with Gasteiger partial charge in [0.1, 0.15) is 0 Å². The van der Waals surface area contributed by atoms with Crippen LogP contribution >= 0.6 is 11.1 Å². The van der Waals surface area contributed by atoms with Gasteiger partial charge in [-0.2, -0.15) is 11.1 Å². The van der Waals surface area contributed by atoms with E-state index in [1.54, 1.807) is 18.2 Å². The van der Waals surface area contributed by atoms with E-state index in [1.807, 2.05) is 0 Å². The molecule has 0 radical (unpaired) electrons. The summed E-state index contributed by atoms with van der Waals surface area (Å²) < 4.78 is 4.43. The van der Waals surface area contributed by atoms with Gasteiger partial charge in [0.2, 0.25) is 0 Å². The molecular formula is C8H5ClO3Si. The third-order valence-electron chi connectivity index (χ3n) is 1.86. The molecule has 0 N–H and O–H groups in total. The van der Waals surface area contributed by atoms with E-state index in [9.17, 15) is 9.59 Å². The molecule has 0 aliphatic carbocycles. The standard InChI is InChI=1S/C8H5ClO3Si/c9-13-4-1-2-5-6(3-4)8(11)12-7(5)10/h1-3H,13H2. The van der Waals surface area contributed by atoms with Crippen LogP contribution in [0.4, 0.5) is 0 Å². The Hall–Kier alpha value is -1.13. The van der Waals surface area contributed by atoms with E-state index in [-0.39, 0.29) is 0 Å². The maximum Gasteiger partial charge on any atom is 0.346 e. The van der Waals surface area contributed by atoms with Gasteiger partial charge in [0, 0.05) is 0 Å². The predicted octanol–water partition coefficient (Wildman–Crippen LogP) is -0.0549. The first-order valence-electron chi connectivity index (χ1n) is 3.68.